The first-order chi connectivity index (χ1) is 8.54. The van der Waals surface area contributed by atoms with E-state index in [9.17, 15) is 9.59 Å². The van der Waals surface area contributed by atoms with Crippen LogP contribution in [0.1, 0.15) is 16.2 Å². The van der Waals surface area contributed by atoms with E-state index in [4.69, 9.17) is 5.11 Å². The van der Waals surface area contributed by atoms with E-state index in [1.54, 1.807) is 30.7 Å². The number of aromatic carboxylic acids is 1. The molecule has 0 saturated carbocycles. The molecule has 0 bridgehead atoms. The van der Waals surface area contributed by atoms with Crippen molar-refractivity contribution >= 4 is 22.9 Å². The number of hydrogen-bond acceptors (Lipinski definition) is 3. The van der Waals surface area contributed by atoms with Gasteiger partial charge in [0, 0.05) is 7.05 Å². The average molecular weight is 247 g/mol. The number of hydrogen-bond donors (Lipinski definition) is 2. The number of nitrogens with one attached hydrogen (secondary N) is 1. The Hall–Kier alpha value is -2.37. The van der Waals surface area contributed by atoms with E-state index in [-0.39, 0.29) is 18.0 Å². The third-order valence-corrected chi connectivity index (χ3v) is 2.78. The fourth-order valence-corrected chi connectivity index (χ4v) is 1.86. The second-order valence-electron chi connectivity index (χ2n) is 3.90. The molecule has 0 unspecified atom stereocenters. The van der Waals surface area contributed by atoms with Crippen molar-refractivity contribution in [1.29, 1.82) is 0 Å². The Morgan fingerprint density at radius 3 is 2.78 bits per heavy atom. The Morgan fingerprint density at radius 2 is 2.17 bits per heavy atom. The first-order valence-electron chi connectivity index (χ1n) is 5.44. The number of aryl methyl sites for hydroxylation is 1. The quantitative estimate of drug-likeness (QED) is 0.839. The van der Waals surface area contributed by atoms with Crippen molar-refractivity contribution in [1.82, 2.24) is 14.9 Å². The summed E-state index contributed by atoms with van der Waals surface area (Å²) in [5, 5.41) is 11.6. The molecule has 0 saturated heterocycles. The van der Waals surface area contributed by atoms with Gasteiger partial charge in [-0.25, -0.2) is 9.78 Å². The van der Waals surface area contributed by atoms with Crippen LogP contribution in [0.2, 0.25) is 0 Å². The Labute approximate surface area is 103 Å². The van der Waals surface area contributed by atoms with Crippen LogP contribution in [0.4, 0.5) is 0 Å². The van der Waals surface area contributed by atoms with Crippen molar-refractivity contribution in [3.8, 4) is 0 Å². The second kappa shape index (κ2) is 4.48. The SMILES string of the molecule is CNC(=O)Cn1c(C)nc2c(C(=O)O)cccc21. The van der Waals surface area contributed by atoms with Crippen LogP contribution in [0.15, 0.2) is 18.2 Å². The van der Waals surface area contributed by atoms with E-state index in [0.29, 0.717) is 16.9 Å². The van der Waals surface area contributed by atoms with Crippen molar-refractivity contribution in [2.45, 2.75) is 13.5 Å². The summed E-state index contributed by atoms with van der Waals surface area (Å²) in [5.41, 5.74) is 1.20. The van der Waals surface area contributed by atoms with Crippen LogP contribution in [-0.4, -0.2) is 33.6 Å². The maximum absolute atomic E-state index is 11.4. The van der Waals surface area contributed by atoms with Crippen LogP contribution in [0, 0.1) is 6.92 Å². The number of para-hydroxylation sites is 1. The summed E-state index contributed by atoms with van der Waals surface area (Å²) >= 11 is 0. The lowest BCUT2D eigenvalue weighted by atomic mass is 10.2. The largest absolute Gasteiger partial charge is 0.478 e. The topological polar surface area (TPSA) is 84.2 Å². The second-order valence-corrected chi connectivity index (χ2v) is 3.90. The van der Waals surface area contributed by atoms with Gasteiger partial charge >= 0.3 is 5.97 Å². The first-order valence-corrected chi connectivity index (χ1v) is 5.44. The first kappa shape index (κ1) is 12.1. The van der Waals surface area contributed by atoms with Gasteiger partial charge in [-0.05, 0) is 19.1 Å². The molecule has 0 spiro atoms. The molecule has 18 heavy (non-hydrogen) atoms. The molecule has 2 N–H and O–H groups in total. The molecule has 0 aliphatic heterocycles. The number of carbonyl (C=O) groups is 2. The molecule has 0 radical (unpaired) electrons. The standard InChI is InChI=1S/C12H13N3O3/c1-7-14-11-8(12(17)18)4-3-5-9(11)15(7)6-10(16)13-2/h3-5H,6H2,1-2H3,(H,13,16)(H,17,18). The molecular weight excluding hydrogens is 234 g/mol. The molecule has 1 heterocycles. The number of imidazole rings is 1. The molecule has 1 amide bonds. The van der Waals surface area contributed by atoms with E-state index < -0.39 is 5.97 Å². The van der Waals surface area contributed by atoms with Gasteiger partial charge in [-0.3, -0.25) is 4.79 Å². The Morgan fingerprint density at radius 1 is 1.44 bits per heavy atom. The van der Waals surface area contributed by atoms with E-state index in [1.165, 1.54) is 6.07 Å². The van der Waals surface area contributed by atoms with Gasteiger partial charge in [-0.2, -0.15) is 0 Å². The fraction of sp³-hybridized carbons (Fsp3) is 0.250. The minimum absolute atomic E-state index is 0.127. The molecule has 0 aliphatic carbocycles. The minimum atomic E-state index is -1.02. The number of likely N-dealkylation sites (N-methyl/N-ethyl adjacent to an activating group) is 1. The smallest absolute Gasteiger partial charge is 0.337 e. The number of rotatable bonds is 3. The molecular formula is C12H13N3O3. The van der Waals surface area contributed by atoms with Gasteiger partial charge in [0.25, 0.3) is 0 Å². The summed E-state index contributed by atoms with van der Waals surface area (Å²) < 4.78 is 1.70. The molecule has 2 aromatic rings. The predicted molar refractivity (Wildman–Crippen MR) is 65.5 cm³/mol. The number of amides is 1. The van der Waals surface area contributed by atoms with Gasteiger partial charge in [0.2, 0.25) is 5.91 Å². The van der Waals surface area contributed by atoms with E-state index >= 15 is 0 Å². The van der Waals surface area contributed by atoms with Gasteiger partial charge in [0.1, 0.15) is 17.9 Å². The van der Waals surface area contributed by atoms with Crippen LogP contribution in [-0.2, 0) is 11.3 Å². The lowest BCUT2D eigenvalue weighted by Gasteiger charge is -2.05. The van der Waals surface area contributed by atoms with E-state index in [0.717, 1.165) is 0 Å². The Balaban J connectivity index is 2.62. The van der Waals surface area contributed by atoms with Crippen LogP contribution in [0.3, 0.4) is 0 Å². The number of carboxylic acid groups (broad SMARTS) is 1. The number of fused-ring (bicyclic) bond motifs is 1. The number of benzene rings is 1. The van der Waals surface area contributed by atoms with Crippen molar-refractivity contribution in [3.05, 3.63) is 29.6 Å². The Bertz CT molecular complexity index is 631. The molecule has 6 heteroatoms. The van der Waals surface area contributed by atoms with E-state index in [2.05, 4.69) is 10.3 Å². The van der Waals surface area contributed by atoms with Gasteiger partial charge < -0.3 is 15.0 Å². The van der Waals surface area contributed by atoms with Gasteiger partial charge in [-0.15, -0.1) is 0 Å². The van der Waals surface area contributed by atoms with Crippen LogP contribution >= 0.6 is 0 Å². The summed E-state index contributed by atoms with van der Waals surface area (Å²) in [6.45, 7) is 1.87. The monoisotopic (exact) mass is 247 g/mol. The predicted octanol–water partition coefficient (Wildman–Crippen LogP) is 0.789. The van der Waals surface area contributed by atoms with Crippen LogP contribution in [0.25, 0.3) is 11.0 Å². The molecule has 2 rings (SSSR count). The summed E-state index contributed by atoms with van der Waals surface area (Å²) in [4.78, 5) is 26.7. The number of carboxylic acids is 1. The third kappa shape index (κ3) is 1.92. The van der Waals surface area contributed by atoms with Crippen molar-refractivity contribution in [2.75, 3.05) is 7.05 Å². The molecule has 6 nitrogen and oxygen atoms in total. The zero-order valence-electron chi connectivity index (χ0n) is 10.1. The fourth-order valence-electron chi connectivity index (χ4n) is 1.86. The number of aromatic nitrogens is 2. The van der Waals surface area contributed by atoms with Crippen LogP contribution < -0.4 is 5.32 Å². The van der Waals surface area contributed by atoms with Crippen LogP contribution in [0.5, 0.6) is 0 Å². The highest BCUT2D eigenvalue weighted by Gasteiger charge is 2.15. The highest BCUT2D eigenvalue weighted by molar-refractivity contribution is 6.01. The Kier molecular flexibility index (Phi) is 3.01. The van der Waals surface area contributed by atoms with Gasteiger partial charge in [0.15, 0.2) is 0 Å². The molecule has 1 aromatic carbocycles. The maximum atomic E-state index is 11.4. The van der Waals surface area contributed by atoms with Gasteiger partial charge in [0.05, 0.1) is 11.1 Å². The summed E-state index contributed by atoms with van der Waals surface area (Å²) in [5.74, 6) is -0.564. The van der Waals surface area contributed by atoms with Crippen molar-refractivity contribution in [3.63, 3.8) is 0 Å². The lowest BCUT2D eigenvalue weighted by molar-refractivity contribution is -0.121. The zero-order valence-corrected chi connectivity index (χ0v) is 10.1. The molecule has 94 valence electrons. The molecule has 0 fully saturated rings. The average Bonchev–Trinajstić information content (AvgIpc) is 2.65. The molecule has 0 atom stereocenters. The number of carbonyl (C=O) groups excluding carboxylic acids is 1. The van der Waals surface area contributed by atoms with Gasteiger partial charge in [-0.1, -0.05) is 6.07 Å². The summed E-state index contributed by atoms with van der Waals surface area (Å²) in [6, 6.07) is 4.90. The minimum Gasteiger partial charge on any atom is -0.478 e. The number of nitrogens with zero attached hydrogens (tertiary/aromatic N) is 2. The van der Waals surface area contributed by atoms with Crippen molar-refractivity contribution < 1.29 is 14.7 Å². The zero-order chi connectivity index (χ0) is 13.3. The maximum Gasteiger partial charge on any atom is 0.337 e. The summed E-state index contributed by atoms with van der Waals surface area (Å²) in [7, 11) is 1.56. The molecule has 0 aliphatic rings. The van der Waals surface area contributed by atoms with E-state index in [1.807, 2.05) is 0 Å². The third-order valence-electron chi connectivity index (χ3n) is 2.78. The lowest BCUT2D eigenvalue weighted by Crippen LogP contribution is -2.23. The normalized spacial score (nSPS) is 10.6. The highest BCUT2D eigenvalue weighted by atomic mass is 16.4. The molecule has 1 aromatic heterocycles. The highest BCUT2D eigenvalue weighted by Crippen LogP contribution is 2.19. The van der Waals surface area contributed by atoms with Crippen molar-refractivity contribution in [2.24, 2.45) is 0 Å². The summed E-state index contributed by atoms with van der Waals surface area (Å²) in [6.07, 6.45) is 0.